The van der Waals surface area contributed by atoms with Gasteiger partial charge in [0, 0.05) is 25.0 Å². The molecule has 1 aliphatic carbocycles. The number of carbonyl (C=O) groups is 1. The lowest BCUT2D eigenvalue weighted by atomic mass is 9.80. The summed E-state index contributed by atoms with van der Waals surface area (Å²) in [5.74, 6) is 0.710. The first-order chi connectivity index (χ1) is 10.3. The first kappa shape index (κ1) is 15.3. The number of carbonyl (C=O) groups excluding carboxylic acids is 1. The van der Waals surface area contributed by atoms with Crippen LogP contribution < -0.4 is 0 Å². The Hall–Kier alpha value is -0.610. The molecule has 2 aliphatic heterocycles. The minimum Gasteiger partial charge on any atom is -0.393 e. The fraction of sp³-hybridized carbons (Fsp3) is 0.941. The van der Waals surface area contributed by atoms with Gasteiger partial charge in [-0.2, -0.15) is 0 Å². The summed E-state index contributed by atoms with van der Waals surface area (Å²) in [6.45, 7) is 3.51. The number of hydrogen-bond acceptors (Lipinski definition) is 3. The number of nitrogens with zero attached hydrogens (tertiary/aromatic N) is 2. The molecule has 2 heterocycles. The molecule has 4 heteroatoms. The third kappa shape index (κ3) is 3.59. The summed E-state index contributed by atoms with van der Waals surface area (Å²) in [5, 5.41) is 10.3. The van der Waals surface area contributed by atoms with Gasteiger partial charge in [0.2, 0.25) is 5.91 Å². The van der Waals surface area contributed by atoms with E-state index in [1.807, 2.05) is 0 Å². The molecule has 4 nitrogen and oxygen atoms in total. The summed E-state index contributed by atoms with van der Waals surface area (Å²) in [6, 6.07) is 0.439. The van der Waals surface area contributed by atoms with Crippen LogP contribution in [0, 0.1) is 5.92 Å². The number of amides is 1. The van der Waals surface area contributed by atoms with Crippen molar-refractivity contribution >= 4 is 5.91 Å². The van der Waals surface area contributed by atoms with Crippen molar-refractivity contribution in [2.45, 2.75) is 69.9 Å². The summed E-state index contributed by atoms with van der Waals surface area (Å²) in [7, 11) is 0. The number of hydrogen-bond donors (Lipinski definition) is 1. The Morgan fingerprint density at radius 3 is 2.43 bits per heavy atom. The Balaban J connectivity index is 1.57. The summed E-state index contributed by atoms with van der Waals surface area (Å²) in [4.78, 5) is 16.9. The van der Waals surface area contributed by atoms with Crippen LogP contribution in [0.1, 0.15) is 57.8 Å². The molecule has 0 bridgehead atoms. The van der Waals surface area contributed by atoms with Gasteiger partial charge in [-0.1, -0.05) is 12.8 Å². The second-order valence-corrected chi connectivity index (χ2v) is 7.14. The van der Waals surface area contributed by atoms with Crippen molar-refractivity contribution < 1.29 is 9.90 Å². The summed E-state index contributed by atoms with van der Waals surface area (Å²) < 4.78 is 0. The van der Waals surface area contributed by atoms with Crippen LogP contribution in [0.2, 0.25) is 0 Å². The van der Waals surface area contributed by atoms with Crippen molar-refractivity contribution in [3.05, 3.63) is 0 Å². The highest BCUT2D eigenvalue weighted by Crippen LogP contribution is 2.34. The summed E-state index contributed by atoms with van der Waals surface area (Å²) >= 11 is 0. The van der Waals surface area contributed by atoms with Gasteiger partial charge in [0.15, 0.2) is 0 Å². The maximum atomic E-state index is 12.5. The largest absolute Gasteiger partial charge is 0.393 e. The van der Waals surface area contributed by atoms with Crippen LogP contribution in [0.5, 0.6) is 0 Å². The molecule has 3 rings (SSSR count). The third-order valence-electron chi connectivity index (χ3n) is 5.74. The SMILES string of the molecule is O=C(CN1CCCC1C1CCCCC1O)N1CCCCC1. The summed E-state index contributed by atoms with van der Waals surface area (Å²) in [6.07, 6.45) is 10.3. The average Bonchev–Trinajstić information content (AvgIpc) is 2.96. The highest BCUT2D eigenvalue weighted by Gasteiger charge is 2.37. The molecule has 2 saturated heterocycles. The van der Waals surface area contributed by atoms with Crippen LogP contribution >= 0.6 is 0 Å². The number of aliphatic hydroxyl groups excluding tert-OH is 1. The van der Waals surface area contributed by atoms with Gasteiger partial charge < -0.3 is 10.0 Å². The topological polar surface area (TPSA) is 43.8 Å². The molecule has 1 N–H and O–H groups in total. The fourth-order valence-electron chi connectivity index (χ4n) is 4.54. The second kappa shape index (κ2) is 7.10. The van der Waals surface area contributed by atoms with Crippen molar-refractivity contribution in [1.82, 2.24) is 9.80 Å². The zero-order valence-corrected chi connectivity index (χ0v) is 13.2. The predicted octanol–water partition coefficient (Wildman–Crippen LogP) is 2.01. The Bertz CT molecular complexity index is 355. The van der Waals surface area contributed by atoms with Crippen molar-refractivity contribution in [2.24, 2.45) is 5.92 Å². The third-order valence-corrected chi connectivity index (χ3v) is 5.74. The molecule has 3 unspecified atom stereocenters. The van der Waals surface area contributed by atoms with E-state index in [4.69, 9.17) is 0 Å². The highest BCUT2D eigenvalue weighted by molar-refractivity contribution is 5.78. The molecule has 120 valence electrons. The normalized spacial score (nSPS) is 35.1. The number of likely N-dealkylation sites (tertiary alicyclic amines) is 2. The molecule has 3 aliphatic rings. The van der Waals surface area contributed by atoms with Gasteiger partial charge in [0.1, 0.15) is 0 Å². The molecule has 1 amide bonds. The smallest absolute Gasteiger partial charge is 0.236 e. The van der Waals surface area contributed by atoms with Crippen LogP contribution in [-0.4, -0.2) is 59.1 Å². The molecule has 0 aromatic heterocycles. The first-order valence-electron chi connectivity index (χ1n) is 8.95. The molecule has 3 fully saturated rings. The zero-order valence-electron chi connectivity index (χ0n) is 13.2. The van der Waals surface area contributed by atoms with Gasteiger partial charge in [0.05, 0.1) is 12.6 Å². The van der Waals surface area contributed by atoms with Crippen LogP contribution in [0.25, 0.3) is 0 Å². The molecular formula is C17H30N2O2. The van der Waals surface area contributed by atoms with Crippen molar-refractivity contribution in [2.75, 3.05) is 26.2 Å². The quantitative estimate of drug-likeness (QED) is 0.866. The molecule has 0 spiro atoms. The Morgan fingerprint density at radius 1 is 0.905 bits per heavy atom. The maximum Gasteiger partial charge on any atom is 0.236 e. The first-order valence-corrected chi connectivity index (χ1v) is 8.95. The van der Waals surface area contributed by atoms with Gasteiger partial charge in [-0.3, -0.25) is 9.69 Å². The Morgan fingerprint density at radius 2 is 1.67 bits per heavy atom. The molecule has 0 aromatic rings. The molecule has 21 heavy (non-hydrogen) atoms. The minimum absolute atomic E-state index is 0.144. The van der Waals surface area contributed by atoms with Gasteiger partial charge in [-0.05, 0) is 51.5 Å². The number of rotatable bonds is 3. The summed E-state index contributed by atoms with van der Waals surface area (Å²) in [5.41, 5.74) is 0. The van der Waals surface area contributed by atoms with Crippen LogP contribution in [0.3, 0.4) is 0 Å². The number of piperidine rings is 1. The monoisotopic (exact) mass is 294 g/mol. The van der Waals surface area contributed by atoms with Gasteiger partial charge in [-0.15, -0.1) is 0 Å². The van der Waals surface area contributed by atoms with Gasteiger partial charge in [-0.25, -0.2) is 0 Å². The highest BCUT2D eigenvalue weighted by atomic mass is 16.3. The molecule has 1 saturated carbocycles. The lowest BCUT2D eigenvalue weighted by molar-refractivity contribution is -0.134. The standard InChI is InChI=1S/C17H30N2O2/c20-16-9-3-2-7-14(16)15-8-6-12-19(15)13-17(21)18-10-4-1-5-11-18/h14-16,20H,1-13H2. The van der Waals surface area contributed by atoms with Crippen molar-refractivity contribution in [1.29, 1.82) is 0 Å². The lowest BCUT2D eigenvalue weighted by Gasteiger charge is -2.38. The fourth-order valence-corrected chi connectivity index (χ4v) is 4.54. The van der Waals surface area contributed by atoms with Crippen LogP contribution in [0.4, 0.5) is 0 Å². The average molecular weight is 294 g/mol. The zero-order chi connectivity index (χ0) is 14.7. The lowest BCUT2D eigenvalue weighted by Crippen LogP contribution is -2.48. The predicted molar refractivity (Wildman–Crippen MR) is 83.0 cm³/mol. The molecule has 3 atom stereocenters. The molecule has 0 aromatic carbocycles. The second-order valence-electron chi connectivity index (χ2n) is 7.14. The van der Waals surface area contributed by atoms with E-state index >= 15 is 0 Å². The Kier molecular flexibility index (Phi) is 5.17. The van der Waals surface area contributed by atoms with E-state index in [0.29, 0.717) is 24.4 Å². The van der Waals surface area contributed by atoms with Crippen LogP contribution in [-0.2, 0) is 4.79 Å². The van der Waals surface area contributed by atoms with E-state index in [1.165, 1.54) is 19.3 Å². The van der Waals surface area contributed by atoms with Crippen LogP contribution in [0.15, 0.2) is 0 Å². The van der Waals surface area contributed by atoms with Gasteiger partial charge in [0.25, 0.3) is 0 Å². The van der Waals surface area contributed by atoms with E-state index < -0.39 is 0 Å². The molecule has 0 radical (unpaired) electrons. The molecular weight excluding hydrogens is 264 g/mol. The van der Waals surface area contributed by atoms with Gasteiger partial charge >= 0.3 is 0 Å². The van der Waals surface area contributed by atoms with E-state index in [9.17, 15) is 9.90 Å². The van der Waals surface area contributed by atoms with E-state index in [1.54, 1.807) is 0 Å². The minimum atomic E-state index is -0.144. The maximum absolute atomic E-state index is 12.5. The van der Waals surface area contributed by atoms with Crippen molar-refractivity contribution in [3.8, 4) is 0 Å². The number of aliphatic hydroxyl groups is 1. The Labute approximate surface area is 128 Å². The van der Waals surface area contributed by atoms with Crippen molar-refractivity contribution in [3.63, 3.8) is 0 Å². The van der Waals surface area contributed by atoms with E-state index in [-0.39, 0.29) is 6.10 Å². The van der Waals surface area contributed by atoms with E-state index in [0.717, 1.165) is 58.2 Å². The van der Waals surface area contributed by atoms with E-state index in [2.05, 4.69) is 9.80 Å².